The number of halogens is 4. The minimum Gasteiger partial charge on any atom is -0.329 e. The molecule has 1 aromatic rings. The van der Waals surface area contributed by atoms with E-state index in [9.17, 15) is 17.6 Å². The summed E-state index contributed by atoms with van der Waals surface area (Å²) in [7, 11) is 0. The highest BCUT2D eigenvalue weighted by Crippen LogP contribution is 2.34. The Morgan fingerprint density at radius 2 is 1.71 bits per heavy atom. The average Bonchev–Trinajstić information content (AvgIpc) is 2.46. The number of rotatable bonds is 4. The van der Waals surface area contributed by atoms with Crippen LogP contribution >= 0.6 is 0 Å². The van der Waals surface area contributed by atoms with Crippen LogP contribution in [0, 0.1) is 11.7 Å². The number of hydrogen-bond acceptors (Lipinski definition) is 2. The van der Waals surface area contributed by atoms with Gasteiger partial charge in [0.25, 0.3) is 0 Å². The number of nitrogens with zero attached hydrogens (tertiary/aromatic N) is 1. The summed E-state index contributed by atoms with van der Waals surface area (Å²) in [5.74, 6) is -1.49. The molecule has 0 radical (unpaired) electrons. The average molecular weight is 304 g/mol. The van der Waals surface area contributed by atoms with E-state index in [0.717, 1.165) is 5.56 Å². The maximum atomic E-state index is 12.9. The summed E-state index contributed by atoms with van der Waals surface area (Å²) in [6, 6.07) is 6.17. The molecule has 0 spiro atoms. The molecule has 1 saturated heterocycles. The Morgan fingerprint density at radius 3 is 2.19 bits per heavy atom. The molecule has 1 atom stereocenters. The molecule has 1 aliphatic rings. The molecular formula is C15H20F4N2. The van der Waals surface area contributed by atoms with Gasteiger partial charge in [0.1, 0.15) is 5.82 Å². The fourth-order valence-electron chi connectivity index (χ4n) is 2.85. The van der Waals surface area contributed by atoms with Gasteiger partial charge in [-0.25, -0.2) is 4.39 Å². The molecule has 6 heteroatoms. The molecule has 1 unspecified atom stereocenters. The van der Waals surface area contributed by atoms with Gasteiger partial charge in [0.05, 0.1) is 5.92 Å². The van der Waals surface area contributed by atoms with E-state index >= 15 is 0 Å². The third kappa shape index (κ3) is 4.41. The van der Waals surface area contributed by atoms with E-state index in [4.69, 9.17) is 5.73 Å². The van der Waals surface area contributed by atoms with Gasteiger partial charge in [0, 0.05) is 12.6 Å². The highest BCUT2D eigenvalue weighted by molar-refractivity contribution is 5.17. The maximum absolute atomic E-state index is 12.9. The van der Waals surface area contributed by atoms with E-state index in [-0.39, 0.29) is 24.7 Å². The molecule has 0 amide bonds. The van der Waals surface area contributed by atoms with Gasteiger partial charge >= 0.3 is 6.18 Å². The van der Waals surface area contributed by atoms with Gasteiger partial charge in [0.15, 0.2) is 0 Å². The summed E-state index contributed by atoms with van der Waals surface area (Å²) in [4.78, 5) is 2.02. The Labute approximate surface area is 121 Å². The first-order valence-electron chi connectivity index (χ1n) is 7.15. The Hall–Kier alpha value is -1.14. The maximum Gasteiger partial charge on any atom is 0.391 e. The number of hydrogen-bond donors (Lipinski definition) is 1. The molecule has 0 aliphatic carbocycles. The van der Waals surface area contributed by atoms with Crippen LogP contribution in [0.25, 0.3) is 0 Å². The summed E-state index contributed by atoms with van der Waals surface area (Å²) < 4.78 is 50.8. The molecule has 0 aromatic heterocycles. The molecule has 1 fully saturated rings. The molecule has 2 rings (SSSR count). The minimum absolute atomic E-state index is 0.00430. The summed E-state index contributed by atoms with van der Waals surface area (Å²) in [6.07, 6.45) is -3.21. The molecule has 1 aliphatic heterocycles. The Morgan fingerprint density at radius 1 is 1.14 bits per heavy atom. The smallest absolute Gasteiger partial charge is 0.329 e. The normalized spacial score (nSPS) is 19.7. The predicted octanol–water partition coefficient (Wildman–Crippen LogP) is 2.97. The van der Waals surface area contributed by atoms with Crippen LogP contribution in [0.3, 0.4) is 0 Å². The lowest BCUT2D eigenvalue weighted by Gasteiger charge is -2.37. The molecule has 2 nitrogen and oxygen atoms in total. The number of alkyl halides is 3. The first-order valence-corrected chi connectivity index (χ1v) is 7.15. The minimum atomic E-state index is -4.10. The van der Waals surface area contributed by atoms with Gasteiger partial charge in [-0.1, -0.05) is 12.1 Å². The lowest BCUT2D eigenvalue weighted by atomic mass is 9.94. The van der Waals surface area contributed by atoms with E-state index in [2.05, 4.69) is 0 Å². The van der Waals surface area contributed by atoms with Crippen LogP contribution in [0.4, 0.5) is 17.6 Å². The molecule has 1 aromatic carbocycles. The Bertz CT molecular complexity index is 436. The highest BCUT2D eigenvalue weighted by atomic mass is 19.4. The van der Waals surface area contributed by atoms with Crippen LogP contribution in [0.2, 0.25) is 0 Å². The third-order valence-electron chi connectivity index (χ3n) is 4.17. The van der Waals surface area contributed by atoms with E-state index in [1.165, 1.54) is 12.1 Å². The molecule has 0 bridgehead atoms. The van der Waals surface area contributed by atoms with Gasteiger partial charge in [0.2, 0.25) is 0 Å². The Kier molecular flexibility index (Phi) is 5.22. The summed E-state index contributed by atoms with van der Waals surface area (Å²) in [6.45, 7) is 1.20. The number of benzene rings is 1. The highest BCUT2D eigenvalue weighted by Gasteiger charge is 2.41. The van der Waals surface area contributed by atoms with Crippen molar-refractivity contribution in [1.29, 1.82) is 0 Å². The monoisotopic (exact) mass is 304 g/mol. The van der Waals surface area contributed by atoms with Crippen LogP contribution in [0.15, 0.2) is 24.3 Å². The van der Waals surface area contributed by atoms with Crippen LogP contribution in [-0.2, 0) is 6.42 Å². The van der Waals surface area contributed by atoms with Crippen molar-refractivity contribution in [3.8, 4) is 0 Å². The lowest BCUT2D eigenvalue weighted by molar-refractivity contribution is -0.186. The fourth-order valence-corrected chi connectivity index (χ4v) is 2.85. The second-order valence-corrected chi connectivity index (χ2v) is 5.57. The zero-order valence-corrected chi connectivity index (χ0v) is 11.7. The van der Waals surface area contributed by atoms with Gasteiger partial charge in [-0.3, -0.25) is 4.90 Å². The largest absolute Gasteiger partial charge is 0.391 e. The van der Waals surface area contributed by atoms with Crippen molar-refractivity contribution in [2.45, 2.75) is 31.5 Å². The summed E-state index contributed by atoms with van der Waals surface area (Å²) in [5.41, 5.74) is 6.71. The van der Waals surface area contributed by atoms with Gasteiger partial charge in [-0.05, 0) is 50.0 Å². The van der Waals surface area contributed by atoms with Gasteiger partial charge in [-0.2, -0.15) is 13.2 Å². The van der Waals surface area contributed by atoms with Gasteiger partial charge in [-0.15, -0.1) is 0 Å². The van der Waals surface area contributed by atoms with Crippen molar-refractivity contribution in [2.75, 3.05) is 19.6 Å². The summed E-state index contributed by atoms with van der Waals surface area (Å²) >= 11 is 0. The predicted molar refractivity (Wildman–Crippen MR) is 73.3 cm³/mol. The van der Waals surface area contributed by atoms with E-state index in [1.807, 2.05) is 4.90 Å². The number of nitrogens with two attached hydrogens (primary N) is 1. The zero-order chi connectivity index (χ0) is 15.5. The van der Waals surface area contributed by atoms with Crippen molar-refractivity contribution in [2.24, 2.45) is 11.7 Å². The molecule has 0 saturated carbocycles. The van der Waals surface area contributed by atoms with Crippen LogP contribution < -0.4 is 5.73 Å². The molecule has 118 valence electrons. The second kappa shape index (κ2) is 6.75. The quantitative estimate of drug-likeness (QED) is 0.867. The van der Waals surface area contributed by atoms with Crippen molar-refractivity contribution in [1.82, 2.24) is 4.90 Å². The second-order valence-electron chi connectivity index (χ2n) is 5.57. The van der Waals surface area contributed by atoms with Crippen LogP contribution in [-0.4, -0.2) is 36.8 Å². The number of piperidine rings is 1. The van der Waals surface area contributed by atoms with Crippen LogP contribution in [0.5, 0.6) is 0 Å². The number of likely N-dealkylation sites (tertiary alicyclic amines) is 1. The molecular weight excluding hydrogens is 284 g/mol. The fraction of sp³-hybridized carbons (Fsp3) is 0.600. The van der Waals surface area contributed by atoms with Crippen molar-refractivity contribution >= 4 is 0 Å². The third-order valence-corrected chi connectivity index (χ3v) is 4.17. The van der Waals surface area contributed by atoms with Crippen molar-refractivity contribution in [3.63, 3.8) is 0 Å². The first kappa shape index (κ1) is 16.2. The van der Waals surface area contributed by atoms with E-state index in [0.29, 0.717) is 26.1 Å². The van der Waals surface area contributed by atoms with Crippen molar-refractivity contribution < 1.29 is 17.6 Å². The summed E-state index contributed by atoms with van der Waals surface area (Å²) in [5, 5.41) is 0. The van der Waals surface area contributed by atoms with Crippen molar-refractivity contribution in [3.05, 3.63) is 35.6 Å². The molecule has 21 heavy (non-hydrogen) atoms. The van der Waals surface area contributed by atoms with Gasteiger partial charge < -0.3 is 5.73 Å². The topological polar surface area (TPSA) is 29.3 Å². The SMILES string of the molecule is NCC(Cc1ccc(F)cc1)N1CCC(C(F)(F)F)CC1. The zero-order valence-electron chi connectivity index (χ0n) is 11.7. The molecule has 2 N–H and O–H groups in total. The standard InChI is InChI=1S/C15H20F4N2/c16-13-3-1-11(2-4-13)9-14(10-20)21-7-5-12(6-8-21)15(17,18)19/h1-4,12,14H,5-10,20H2. The van der Waals surface area contributed by atoms with Crippen LogP contribution in [0.1, 0.15) is 18.4 Å². The van der Waals surface area contributed by atoms with E-state index in [1.54, 1.807) is 12.1 Å². The lowest BCUT2D eigenvalue weighted by Crippen LogP contribution is -2.48. The molecule has 1 heterocycles. The van der Waals surface area contributed by atoms with E-state index < -0.39 is 12.1 Å². The first-order chi connectivity index (χ1) is 9.90. The Balaban J connectivity index is 1.92.